The monoisotopic (exact) mass is 233 g/mol. The van der Waals surface area contributed by atoms with Crippen LogP contribution >= 0.6 is 11.3 Å². The molecule has 0 radical (unpaired) electrons. The van der Waals surface area contributed by atoms with Crippen molar-refractivity contribution in [2.45, 2.75) is 25.9 Å². The summed E-state index contributed by atoms with van der Waals surface area (Å²) in [7, 11) is 0. The molecule has 0 amide bonds. The normalized spacial score (nSPS) is 14.7. The molecule has 0 bridgehead atoms. The smallest absolute Gasteiger partial charge is 0.100 e. The van der Waals surface area contributed by atoms with Crippen LogP contribution in [0.1, 0.15) is 22.2 Å². The highest BCUT2D eigenvalue weighted by atomic mass is 32.1. The van der Waals surface area contributed by atoms with Crippen LogP contribution in [-0.2, 0) is 12.0 Å². The average molecular weight is 233 g/mol. The van der Waals surface area contributed by atoms with Gasteiger partial charge in [0.2, 0.25) is 0 Å². The lowest BCUT2D eigenvalue weighted by Gasteiger charge is -2.21. The van der Waals surface area contributed by atoms with E-state index in [1.54, 1.807) is 23.7 Å². The van der Waals surface area contributed by atoms with Crippen molar-refractivity contribution in [3.05, 3.63) is 52.0 Å². The van der Waals surface area contributed by atoms with Gasteiger partial charge in [-0.3, -0.25) is 4.98 Å². The predicted octanol–water partition coefficient (Wildman–Crippen LogP) is 2.90. The molecular weight excluding hydrogens is 218 g/mol. The van der Waals surface area contributed by atoms with E-state index in [2.05, 4.69) is 4.98 Å². The number of hydrogen-bond acceptors (Lipinski definition) is 3. The minimum atomic E-state index is -0.804. The molecule has 0 aromatic carbocycles. The zero-order chi connectivity index (χ0) is 11.6. The van der Waals surface area contributed by atoms with E-state index < -0.39 is 5.60 Å². The fourth-order valence-electron chi connectivity index (χ4n) is 1.71. The first-order valence-electron chi connectivity index (χ1n) is 5.26. The Balaban J connectivity index is 2.20. The van der Waals surface area contributed by atoms with Crippen molar-refractivity contribution in [2.75, 3.05) is 0 Å². The Hall–Kier alpha value is -1.19. The molecule has 1 atom stereocenters. The molecule has 0 saturated heterocycles. The Labute approximate surface area is 99.6 Å². The van der Waals surface area contributed by atoms with Crippen molar-refractivity contribution in [1.29, 1.82) is 0 Å². The van der Waals surface area contributed by atoms with E-state index in [0.29, 0.717) is 6.42 Å². The van der Waals surface area contributed by atoms with Gasteiger partial charge in [-0.05, 0) is 37.6 Å². The second-order valence-electron chi connectivity index (χ2n) is 4.22. The lowest BCUT2D eigenvalue weighted by molar-refractivity contribution is 0.0614. The Morgan fingerprint density at radius 3 is 2.75 bits per heavy atom. The van der Waals surface area contributed by atoms with Crippen molar-refractivity contribution >= 4 is 11.3 Å². The Morgan fingerprint density at radius 1 is 1.38 bits per heavy atom. The predicted molar refractivity (Wildman–Crippen MR) is 66.6 cm³/mol. The molecule has 3 heteroatoms. The van der Waals surface area contributed by atoms with E-state index in [1.165, 1.54) is 4.88 Å². The molecule has 0 aliphatic carbocycles. The number of aliphatic hydroxyl groups is 1. The summed E-state index contributed by atoms with van der Waals surface area (Å²) >= 11 is 1.64. The second-order valence-corrected chi connectivity index (χ2v) is 5.51. The van der Waals surface area contributed by atoms with E-state index >= 15 is 0 Å². The maximum absolute atomic E-state index is 10.4. The summed E-state index contributed by atoms with van der Waals surface area (Å²) in [5.41, 5.74) is 0.251. The number of rotatable bonds is 3. The highest BCUT2D eigenvalue weighted by molar-refractivity contribution is 7.12. The first kappa shape index (κ1) is 11.3. The van der Waals surface area contributed by atoms with Crippen LogP contribution in [0, 0.1) is 6.92 Å². The fraction of sp³-hybridized carbons (Fsp3) is 0.308. The minimum absolute atomic E-state index is 0.598. The molecular formula is C13H15NOS. The maximum atomic E-state index is 10.4. The summed E-state index contributed by atoms with van der Waals surface area (Å²) in [5.74, 6) is 0. The van der Waals surface area contributed by atoms with Gasteiger partial charge in [-0.25, -0.2) is 0 Å². The van der Waals surface area contributed by atoms with Crippen molar-refractivity contribution in [3.8, 4) is 0 Å². The van der Waals surface area contributed by atoms with Crippen molar-refractivity contribution < 1.29 is 5.11 Å². The van der Waals surface area contributed by atoms with Crippen LogP contribution in [0.25, 0.3) is 0 Å². The maximum Gasteiger partial charge on any atom is 0.100 e. The van der Waals surface area contributed by atoms with E-state index in [1.807, 2.05) is 38.1 Å². The molecule has 0 aliphatic heterocycles. The molecule has 2 heterocycles. The number of hydrogen-bond donors (Lipinski definition) is 1. The Morgan fingerprint density at radius 2 is 2.19 bits per heavy atom. The summed E-state index contributed by atoms with van der Waals surface area (Å²) in [5, 5.41) is 10.4. The largest absolute Gasteiger partial charge is 0.384 e. The second kappa shape index (κ2) is 4.36. The Kier molecular flexibility index (Phi) is 3.08. The third-order valence-corrected chi connectivity index (χ3v) is 3.80. The molecule has 84 valence electrons. The van der Waals surface area contributed by atoms with E-state index in [0.717, 1.165) is 10.4 Å². The number of pyridine rings is 1. The van der Waals surface area contributed by atoms with Crippen LogP contribution in [0.2, 0.25) is 0 Å². The third-order valence-electron chi connectivity index (χ3n) is 2.54. The van der Waals surface area contributed by atoms with Gasteiger partial charge in [-0.1, -0.05) is 6.07 Å². The minimum Gasteiger partial charge on any atom is -0.384 e. The fourth-order valence-corrected chi connectivity index (χ4v) is 2.62. The van der Waals surface area contributed by atoms with Crippen molar-refractivity contribution in [1.82, 2.24) is 4.98 Å². The first-order chi connectivity index (χ1) is 7.58. The van der Waals surface area contributed by atoms with Crippen LogP contribution in [0.5, 0.6) is 0 Å². The van der Waals surface area contributed by atoms with Crippen LogP contribution in [0.15, 0.2) is 36.7 Å². The lowest BCUT2D eigenvalue weighted by atomic mass is 9.96. The zero-order valence-corrected chi connectivity index (χ0v) is 10.3. The number of thiophene rings is 1. The molecule has 2 rings (SSSR count). The zero-order valence-electron chi connectivity index (χ0n) is 9.47. The van der Waals surface area contributed by atoms with Gasteiger partial charge in [0.05, 0.1) is 0 Å². The molecule has 1 N–H and O–H groups in total. The first-order valence-corrected chi connectivity index (χ1v) is 6.08. The molecule has 0 spiro atoms. The van der Waals surface area contributed by atoms with Crippen LogP contribution in [0.4, 0.5) is 0 Å². The highest BCUT2D eigenvalue weighted by Gasteiger charge is 2.25. The SMILES string of the molecule is Cc1ccc(C(C)(O)Cc2cccnc2)s1. The molecule has 2 nitrogen and oxygen atoms in total. The van der Waals surface area contributed by atoms with Gasteiger partial charge >= 0.3 is 0 Å². The summed E-state index contributed by atoms with van der Waals surface area (Å²) in [6, 6.07) is 7.92. The van der Waals surface area contributed by atoms with Gasteiger partial charge in [0.15, 0.2) is 0 Å². The summed E-state index contributed by atoms with van der Waals surface area (Å²) < 4.78 is 0. The quantitative estimate of drug-likeness (QED) is 0.884. The van der Waals surface area contributed by atoms with Gasteiger partial charge in [0.1, 0.15) is 5.60 Å². The van der Waals surface area contributed by atoms with Gasteiger partial charge in [-0.2, -0.15) is 0 Å². The summed E-state index contributed by atoms with van der Waals surface area (Å²) in [6.45, 7) is 3.90. The third kappa shape index (κ3) is 2.49. The molecule has 2 aromatic heterocycles. The highest BCUT2D eigenvalue weighted by Crippen LogP contribution is 2.30. The molecule has 0 aliphatic rings. The van der Waals surface area contributed by atoms with E-state index in [9.17, 15) is 5.11 Å². The van der Waals surface area contributed by atoms with Gasteiger partial charge in [-0.15, -0.1) is 11.3 Å². The van der Waals surface area contributed by atoms with Crippen LogP contribution in [0.3, 0.4) is 0 Å². The molecule has 16 heavy (non-hydrogen) atoms. The molecule has 0 saturated carbocycles. The lowest BCUT2D eigenvalue weighted by Crippen LogP contribution is -2.22. The molecule has 0 fully saturated rings. The van der Waals surface area contributed by atoms with E-state index in [-0.39, 0.29) is 0 Å². The number of aromatic nitrogens is 1. The summed E-state index contributed by atoms with van der Waals surface area (Å²) in [6.07, 6.45) is 4.14. The topological polar surface area (TPSA) is 33.1 Å². The molecule has 1 unspecified atom stereocenters. The van der Waals surface area contributed by atoms with Gasteiger partial charge < -0.3 is 5.11 Å². The van der Waals surface area contributed by atoms with E-state index in [4.69, 9.17) is 0 Å². The van der Waals surface area contributed by atoms with Crippen molar-refractivity contribution in [3.63, 3.8) is 0 Å². The Bertz CT molecular complexity index is 462. The van der Waals surface area contributed by atoms with Crippen molar-refractivity contribution in [2.24, 2.45) is 0 Å². The molecule has 2 aromatic rings. The van der Waals surface area contributed by atoms with Gasteiger partial charge in [0, 0.05) is 28.6 Å². The van der Waals surface area contributed by atoms with Crippen LogP contribution < -0.4 is 0 Å². The van der Waals surface area contributed by atoms with Gasteiger partial charge in [0.25, 0.3) is 0 Å². The van der Waals surface area contributed by atoms with Crippen LogP contribution in [-0.4, -0.2) is 10.1 Å². The number of aryl methyl sites for hydroxylation is 1. The average Bonchev–Trinajstić information content (AvgIpc) is 2.66. The number of nitrogens with zero attached hydrogens (tertiary/aromatic N) is 1. The standard InChI is InChI=1S/C13H15NOS/c1-10-5-6-12(16-10)13(2,15)8-11-4-3-7-14-9-11/h3-7,9,15H,8H2,1-2H3. The summed E-state index contributed by atoms with van der Waals surface area (Å²) in [4.78, 5) is 6.29.